The summed E-state index contributed by atoms with van der Waals surface area (Å²) < 4.78 is 26.8. The van der Waals surface area contributed by atoms with Gasteiger partial charge in [0.15, 0.2) is 0 Å². The lowest BCUT2D eigenvalue weighted by molar-refractivity contribution is 0.0535. The maximum absolute atomic E-state index is 13.7. The molecular weight excluding hydrogens is 362 g/mol. The van der Waals surface area contributed by atoms with Gasteiger partial charge >= 0.3 is 0 Å². The Labute approximate surface area is 155 Å². The van der Waals surface area contributed by atoms with E-state index in [0.29, 0.717) is 31.7 Å². The Morgan fingerprint density at radius 2 is 1.54 bits per heavy atom. The van der Waals surface area contributed by atoms with Crippen LogP contribution in [0.3, 0.4) is 0 Å². The minimum atomic E-state index is -0.507. The Bertz CT molecular complexity index is 865. The number of rotatable bonds is 2. The van der Waals surface area contributed by atoms with Gasteiger partial charge in [-0.3, -0.25) is 9.59 Å². The summed E-state index contributed by atoms with van der Waals surface area (Å²) in [5.41, 5.74) is 0.996. The predicted octanol–water partition coefficient (Wildman–Crippen LogP) is 3.52. The fourth-order valence-corrected chi connectivity index (χ4v) is 3.10. The molecule has 4 nitrogen and oxygen atoms in total. The average Bonchev–Trinajstić information content (AvgIpc) is 2.63. The number of aryl methyl sites for hydroxylation is 1. The van der Waals surface area contributed by atoms with Crippen LogP contribution >= 0.6 is 11.6 Å². The highest BCUT2D eigenvalue weighted by molar-refractivity contribution is 6.33. The monoisotopic (exact) mass is 378 g/mol. The Morgan fingerprint density at radius 3 is 2.12 bits per heavy atom. The molecule has 0 saturated carbocycles. The third kappa shape index (κ3) is 3.70. The van der Waals surface area contributed by atoms with Crippen molar-refractivity contribution < 1.29 is 18.4 Å². The summed E-state index contributed by atoms with van der Waals surface area (Å²) >= 11 is 5.94. The molecule has 0 aliphatic carbocycles. The van der Waals surface area contributed by atoms with E-state index in [2.05, 4.69) is 0 Å². The Kier molecular flexibility index (Phi) is 5.23. The average molecular weight is 379 g/mol. The van der Waals surface area contributed by atoms with E-state index in [1.165, 1.54) is 18.2 Å². The van der Waals surface area contributed by atoms with Gasteiger partial charge in [-0.15, -0.1) is 0 Å². The molecule has 7 heteroatoms. The second kappa shape index (κ2) is 7.41. The molecule has 1 saturated heterocycles. The van der Waals surface area contributed by atoms with Crippen LogP contribution in [0.5, 0.6) is 0 Å². The zero-order valence-electron chi connectivity index (χ0n) is 14.1. The molecule has 0 radical (unpaired) electrons. The van der Waals surface area contributed by atoms with E-state index in [1.54, 1.807) is 28.9 Å². The van der Waals surface area contributed by atoms with Crippen molar-refractivity contribution in [1.82, 2.24) is 9.80 Å². The number of halogens is 3. The van der Waals surface area contributed by atoms with Crippen LogP contribution in [0.25, 0.3) is 0 Å². The summed E-state index contributed by atoms with van der Waals surface area (Å²) in [7, 11) is 0. The fourth-order valence-electron chi connectivity index (χ4n) is 2.85. The molecule has 0 unspecified atom stereocenters. The van der Waals surface area contributed by atoms with Crippen molar-refractivity contribution in [1.29, 1.82) is 0 Å². The topological polar surface area (TPSA) is 40.6 Å². The quantitative estimate of drug-likeness (QED) is 0.802. The third-order valence-electron chi connectivity index (χ3n) is 4.43. The van der Waals surface area contributed by atoms with Gasteiger partial charge in [0, 0.05) is 31.7 Å². The van der Waals surface area contributed by atoms with Gasteiger partial charge in [-0.05, 0) is 42.8 Å². The van der Waals surface area contributed by atoms with E-state index in [0.717, 1.165) is 6.07 Å². The van der Waals surface area contributed by atoms with Crippen molar-refractivity contribution in [3.05, 3.63) is 69.7 Å². The molecule has 0 atom stereocenters. The molecule has 136 valence electrons. The van der Waals surface area contributed by atoms with E-state index >= 15 is 0 Å². The second-order valence-electron chi connectivity index (χ2n) is 6.17. The first kappa shape index (κ1) is 18.3. The van der Waals surface area contributed by atoms with Gasteiger partial charge in [-0.1, -0.05) is 17.7 Å². The fraction of sp³-hybridized carbons (Fsp3) is 0.263. The number of carbonyl (C=O) groups is 2. The van der Waals surface area contributed by atoms with Gasteiger partial charge in [-0.25, -0.2) is 8.78 Å². The van der Waals surface area contributed by atoms with Crippen molar-refractivity contribution in [3.63, 3.8) is 0 Å². The van der Waals surface area contributed by atoms with Crippen LogP contribution in [0.2, 0.25) is 5.02 Å². The first-order valence-electron chi connectivity index (χ1n) is 8.16. The van der Waals surface area contributed by atoms with E-state index < -0.39 is 11.6 Å². The summed E-state index contributed by atoms with van der Waals surface area (Å²) in [6.07, 6.45) is 0. The van der Waals surface area contributed by atoms with Gasteiger partial charge in [0.1, 0.15) is 11.6 Å². The molecule has 0 bridgehead atoms. The first-order chi connectivity index (χ1) is 12.4. The number of benzene rings is 2. The van der Waals surface area contributed by atoms with Crippen molar-refractivity contribution in [2.75, 3.05) is 26.2 Å². The smallest absolute Gasteiger partial charge is 0.255 e. The highest BCUT2D eigenvalue weighted by Crippen LogP contribution is 2.20. The molecule has 1 aliphatic heterocycles. The number of piperazine rings is 1. The molecule has 2 amide bonds. The first-order valence-corrected chi connectivity index (χ1v) is 8.54. The van der Waals surface area contributed by atoms with Crippen LogP contribution < -0.4 is 0 Å². The van der Waals surface area contributed by atoms with Crippen LogP contribution in [0.1, 0.15) is 26.3 Å². The molecule has 0 N–H and O–H groups in total. The number of nitrogens with zero attached hydrogens (tertiary/aromatic N) is 2. The van der Waals surface area contributed by atoms with Crippen molar-refractivity contribution in [2.24, 2.45) is 0 Å². The number of amides is 2. The summed E-state index contributed by atoms with van der Waals surface area (Å²) in [4.78, 5) is 28.2. The van der Waals surface area contributed by atoms with E-state index in [4.69, 9.17) is 11.6 Å². The summed E-state index contributed by atoms with van der Waals surface area (Å²) in [5.74, 6) is -1.50. The van der Waals surface area contributed by atoms with E-state index in [1.807, 2.05) is 0 Å². The predicted molar refractivity (Wildman–Crippen MR) is 94.4 cm³/mol. The lowest BCUT2D eigenvalue weighted by Gasteiger charge is -2.35. The Hall–Kier alpha value is -2.47. The molecule has 1 heterocycles. The van der Waals surface area contributed by atoms with Crippen molar-refractivity contribution in [3.8, 4) is 0 Å². The van der Waals surface area contributed by atoms with Crippen molar-refractivity contribution in [2.45, 2.75) is 6.92 Å². The van der Waals surface area contributed by atoms with Crippen LogP contribution in [0.15, 0.2) is 36.4 Å². The minimum absolute atomic E-state index is 0.0589. The van der Waals surface area contributed by atoms with Gasteiger partial charge in [0.05, 0.1) is 10.6 Å². The summed E-state index contributed by atoms with van der Waals surface area (Å²) in [5, 5.41) is 0.0589. The standard InChI is InChI=1S/C19H17ClF2N2O2/c1-12-2-3-13(10-17(12)22)18(25)23-6-8-24(9-7-23)19(26)15-5-4-14(21)11-16(15)20/h2-5,10-11H,6-9H2,1H3. The maximum atomic E-state index is 13.7. The van der Waals surface area contributed by atoms with Gasteiger partial charge in [-0.2, -0.15) is 0 Å². The number of hydrogen-bond acceptors (Lipinski definition) is 2. The van der Waals surface area contributed by atoms with Crippen LogP contribution in [0.4, 0.5) is 8.78 Å². The highest BCUT2D eigenvalue weighted by atomic mass is 35.5. The normalized spacial score (nSPS) is 14.5. The zero-order chi connectivity index (χ0) is 18.8. The van der Waals surface area contributed by atoms with Crippen LogP contribution in [0, 0.1) is 18.6 Å². The van der Waals surface area contributed by atoms with Gasteiger partial charge in [0.25, 0.3) is 11.8 Å². The minimum Gasteiger partial charge on any atom is -0.335 e. The SMILES string of the molecule is Cc1ccc(C(=O)N2CCN(C(=O)c3ccc(F)cc3Cl)CC2)cc1F. The van der Waals surface area contributed by atoms with Crippen molar-refractivity contribution >= 4 is 23.4 Å². The highest BCUT2D eigenvalue weighted by Gasteiger charge is 2.26. The molecule has 1 aliphatic rings. The largest absolute Gasteiger partial charge is 0.335 e. The molecule has 2 aromatic carbocycles. The molecule has 3 rings (SSSR count). The summed E-state index contributed by atoms with van der Waals surface area (Å²) in [6, 6.07) is 8.03. The zero-order valence-corrected chi connectivity index (χ0v) is 14.9. The maximum Gasteiger partial charge on any atom is 0.255 e. The molecular formula is C19H17ClF2N2O2. The molecule has 26 heavy (non-hydrogen) atoms. The molecule has 0 spiro atoms. The Morgan fingerprint density at radius 1 is 0.923 bits per heavy atom. The lowest BCUT2D eigenvalue weighted by atomic mass is 10.1. The number of carbonyl (C=O) groups excluding carboxylic acids is 2. The third-order valence-corrected chi connectivity index (χ3v) is 4.75. The van der Waals surface area contributed by atoms with Gasteiger partial charge in [0.2, 0.25) is 0 Å². The van der Waals surface area contributed by atoms with Crippen LogP contribution in [-0.4, -0.2) is 47.8 Å². The second-order valence-corrected chi connectivity index (χ2v) is 6.58. The van der Waals surface area contributed by atoms with E-state index in [9.17, 15) is 18.4 Å². The lowest BCUT2D eigenvalue weighted by Crippen LogP contribution is -2.50. The molecule has 2 aromatic rings. The summed E-state index contributed by atoms with van der Waals surface area (Å²) in [6.45, 7) is 2.95. The molecule has 1 fully saturated rings. The number of hydrogen-bond donors (Lipinski definition) is 0. The van der Waals surface area contributed by atoms with Crippen LogP contribution in [-0.2, 0) is 0 Å². The van der Waals surface area contributed by atoms with Gasteiger partial charge < -0.3 is 9.80 Å². The molecule has 0 aromatic heterocycles. The van der Waals surface area contributed by atoms with E-state index in [-0.39, 0.29) is 28.0 Å². The Balaban J connectivity index is 1.66.